The molecule has 0 saturated heterocycles. The van der Waals surface area contributed by atoms with Gasteiger partial charge in [0.1, 0.15) is 12.6 Å². The van der Waals surface area contributed by atoms with Crippen molar-refractivity contribution in [3.8, 4) is 0 Å². The van der Waals surface area contributed by atoms with Crippen molar-refractivity contribution in [3.05, 3.63) is 0 Å². The molecule has 0 rings (SSSR count). The van der Waals surface area contributed by atoms with Gasteiger partial charge in [0.15, 0.2) is 0 Å². The lowest BCUT2D eigenvalue weighted by atomic mass is 10.1. The van der Waals surface area contributed by atoms with Crippen LogP contribution < -0.4 is 5.32 Å². The van der Waals surface area contributed by atoms with Crippen molar-refractivity contribution in [2.24, 2.45) is 5.92 Å². The van der Waals surface area contributed by atoms with Gasteiger partial charge in [-0.05, 0) is 12.8 Å². The number of amides is 3. The Morgan fingerprint density at radius 1 is 1.21 bits per heavy atom. The van der Waals surface area contributed by atoms with Gasteiger partial charge in [0.25, 0.3) is 0 Å². The molecule has 0 aromatic heterocycles. The predicted molar refractivity (Wildman–Crippen MR) is 70.7 cm³/mol. The summed E-state index contributed by atoms with van der Waals surface area (Å²) in [5.41, 5.74) is 0. The van der Waals surface area contributed by atoms with Crippen LogP contribution in [0.1, 0.15) is 20.8 Å². The fraction of sp³-hybridized carbons (Fsp3) is 0.750. The van der Waals surface area contributed by atoms with Gasteiger partial charge in [0.05, 0.1) is 0 Å². The van der Waals surface area contributed by atoms with Gasteiger partial charge in [-0.1, -0.05) is 13.8 Å². The molecule has 0 bridgehead atoms. The van der Waals surface area contributed by atoms with Crippen molar-refractivity contribution >= 4 is 17.9 Å². The molecule has 0 aliphatic carbocycles. The summed E-state index contributed by atoms with van der Waals surface area (Å²) in [5.74, 6) is -1.53. The molecule has 3 amide bonds. The Hall–Kier alpha value is -1.79. The molecular formula is C12H23N3O4. The van der Waals surface area contributed by atoms with Crippen molar-refractivity contribution in [2.75, 3.05) is 27.2 Å². The Morgan fingerprint density at radius 2 is 1.74 bits per heavy atom. The number of carboxylic acids is 1. The second kappa shape index (κ2) is 7.60. The van der Waals surface area contributed by atoms with Crippen LogP contribution >= 0.6 is 0 Å². The fourth-order valence-electron chi connectivity index (χ4n) is 1.37. The molecule has 0 aliphatic heterocycles. The van der Waals surface area contributed by atoms with Gasteiger partial charge in [-0.2, -0.15) is 0 Å². The van der Waals surface area contributed by atoms with E-state index in [-0.39, 0.29) is 18.4 Å². The van der Waals surface area contributed by atoms with Gasteiger partial charge in [0.2, 0.25) is 5.91 Å². The summed E-state index contributed by atoms with van der Waals surface area (Å²) in [6, 6.07) is -1.50. The van der Waals surface area contributed by atoms with Crippen LogP contribution in [0, 0.1) is 5.92 Å². The molecule has 0 radical (unpaired) electrons. The van der Waals surface area contributed by atoms with E-state index in [4.69, 9.17) is 5.11 Å². The van der Waals surface area contributed by atoms with Gasteiger partial charge in [-0.25, -0.2) is 9.59 Å². The first-order chi connectivity index (χ1) is 8.70. The fourth-order valence-corrected chi connectivity index (χ4v) is 1.37. The Bertz CT molecular complexity index is 342. The number of carboxylic acid groups (broad SMARTS) is 1. The average molecular weight is 273 g/mol. The summed E-state index contributed by atoms with van der Waals surface area (Å²) in [7, 11) is 3.20. The molecular weight excluding hydrogens is 250 g/mol. The lowest BCUT2D eigenvalue weighted by Crippen LogP contribution is -2.52. The highest BCUT2D eigenvalue weighted by Gasteiger charge is 2.26. The zero-order chi connectivity index (χ0) is 15.2. The third-order valence-corrected chi connectivity index (χ3v) is 2.71. The molecule has 0 fully saturated rings. The molecule has 1 atom stereocenters. The third kappa shape index (κ3) is 5.58. The van der Waals surface area contributed by atoms with Crippen LogP contribution in [-0.2, 0) is 9.59 Å². The largest absolute Gasteiger partial charge is 0.480 e. The van der Waals surface area contributed by atoms with E-state index in [2.05, 4.69) is 5.32 Å². The maximum atomic E-state index is 11.9. The van der Waals surface area contributed by atoms with Gasteiger partial charge >= 0.3 is 12.0 Å². The molecule has 19 heavy (non-hydrogen) atoms. The predicted octanol–water partition coefficient (Wildman–Crippen LogP) is 0.215. The smallest absolute Gasteiger partial charge is 0.326 e. The van der Waals surface area contributed by atoms with Crippen molar-refractivity contribution in [1.82, 2.24) is 15.1 Å². The van der Waals surface area contributed by atoms with Gasteiger partial charge in [0, 0.05) is 20.6 Å². The second-order valence-corrected chi connectivity index (χ2v) is 4.81. The molecule has 0 aliphatic rings. The number of hydrogen-bond donors (Lipinski definition) is 2. The van der Waals surface area contributed by atoms with Crippen molar-refractivity contribution in [3.63, 3.8) is 0 Å². The van der Waals surface area contributed by atoms with Crippen LogP contribution in [0.25, 0.3) is 0 Å². The lowest BCUT2D eigenvalue weighted by molar-refractivity contribution is -0.140. The Labute approximate surface area is 113 Å². The van der Waals surface area contributed by atoms with Crippen LogP contribution in [0.4, 0.5) is 4.79 Å². The number of hydrogen-bond acceptors (Lipinski definition) is 3. The average Bonchev–Trinajstić information content (AvgIpc) is 2.31. The van der Waals surface area contributed by atoms with E-state index in [0.29, 0.717) is 6.54 Å². The summed E-state index contributed by atoms with van der Waals surface area (Å²) in [6.07, 6.45) is 0. The van der Waals surface area contributed by atoms with Crippen molar-refractivity contribution in [1.29, 1.82) is 0 Å². The number of aliphatic carboxylic acids is 1. The van der Waals surface area contributed by atoms with Crippen LogP contribution in [-0.4, -0.2) is 66.0 Å². The summed E-state index contributed by atoms with van der Waals surface area (Å²) in [4.78, 5) is 37.2. The first kappa shape index (κ1) is 17.2. The minimum absolute atomic E-state index is 0.0697. The second-order valence-electron chi connectivity index (χ2n) is 4.81. The monoisotopic (exact) mass is 273 g/mol. The number of likely N-dealkylation sites (N-methyl/N-ethyl adjacent to an activating group) is 2. The highest BCUT2D eigenvalue weighted by Crippen LogP contribution is 2.03. The van der Waals surface area contributed by atoms with Gasteiger partial charge in [-0.3, -0.25) is 4.79 Å². The Kier molecular flexibility index (Phi) is 6.89. The van der Waals surface area contributed by atoms with Crippen LogP contribution in [0.2, 0.25) is 0 Å². The molecule has 0 aromatic rings. The summed E-state index contributed by atoms with van der Waals surface area (Å²) >= 11 is 0. The van der Waals surface area contributed by atoms with Crippen LogP contribution in [0.3, 0.4) is 0 Å². The number of nitrogens with one attached hydrogen (secondary N) is 1. The molecule has 0 saturated carbocycles. The van der Waals surface area contributed by atoms with E-state index in [1.165, 1.54) is 9.80 Å². The Morgan fingerprint density at radius 3 is 2.05 bits per heavy atom. The molecule has 110 valence electrons. The molecule has 0 unspecified atom stereocenters. The first-order valence-corrected chi connectivity index (χ1v) is 6.19. The number of urea groups is 1. The lowest BCUT2D eigenvalue weighted by Gasteiger charge is -2.26. The zero-order valence-electron chi connectivity index (χ0n) is 12.1. The minimum atomic E-state index is -1.08. The van der Waals surface area contributed by atoms with Gasteiger partial charge in [-0.15, -0.1) is 0 Å². The van der Waals surface area contributed by atoms with Crippen molar-refractivity contribution in [2.45, 2.75) is 26.8 Å². The molecule has 0 heterocycles. The van der Waals surface area contributed by atoms with E-state index < -0.39 is 18.0 Å². The highest BCUT2D eigenvalue weighted by atomic mass is 16.4. The molecule has 0 aromatic carbocycles. The summed E-state index contributed by atoms with van der Waals surface area (Å²) < 4.78 is 0. The van der Waals surface area contributed by atoms with Crippen molar-refractivity contribution < 1.29 is 19.5 Å². The van der Waals surface area contributed by atoms with Crippen LogP contribution in [0.15, 0.2) is 0 Å². The number of nitrogens with zero attached hydrogens (tertiary/aromatic N) is 2. The molecule has 7 nitrogen and oxygen atoms in total. The maximum absolute atomic E-state index is 11.9. The number of carbonyl (C=O) groups excluding carboxylic acids is 2. The van der Waals surface area contributed by atoms with E-state index in [0.717, 1.165) is 0 Å². The standard InChI is InChI=1S/C12H23N3O4/c1-6-15(7-9(16)14(4)5)12(19)13-10(8(2)3)11(17)18/h8,10H,6-7H2,1-5H3,(H,13,19)(H,17,18)/t10-/m0/s1. The Balaban J connectivity index is 4.67. The van der Waals surface area contributed by atoms with E-state index in [1.807, 2.05) is 0 Å². The molecule has 2 N–H and O–H groups in total. The quantitative estimate of drug-likeness (QED) is 0.724. The zero-order valence-corrected chi connectivity index (χ0v) is 12.1. The minimum Gasteiger partial charge on any atom is -0.480 e. The number of carbonyl (C=O) groups is 3. The molecule has 0 spiro atoms. The van der Waals surface area contributed by atoms with E-state index in [9.17, 15) is 14.4 Å². The van der Waals surface area contributed by atoms with E-state index >= 15 is 0 Å². The maximum Gasteiger partial charge on any atom is 0.326 e. The van der Waals surface area contributed by atoms with Crippen LogP contribution in [0.5, 0.6) is 0 Å². The summed E-state index contributed by atoms with van der Waals surface area (Å²) in [5, 5.41) is 11.4. The number of rotatable bonds is 6. The normalized spacial score (nSPS) is 11.9. The summed E-state index contributed by atoms with van der Waals surface area (Å²) in [6.45, 7) is 5.41. The SMILES string of the molecule is CCN(CC(=O)N(C)C)C(=O)N[C@H](C(=O)O)C(C)C. The van der Waals surface area contributed by atoms with Gasteiger partial charge < -0.3 is 20.2 Å². The first-order valence-electron chi connectivity index (χ1n) is 6.19. The molecule has 7 heteroatoms. The highest BCUT2D eigenvalue weighted by molar-refractivity contribution is 5.86. The van der Waals surface area contributed by atoms with E-state index in [1.54, 1.807) is 34.9 Å². The third-order valence-electron chi connectivity index (χ3n) is 2.71. The topological polar surface area (TPSA) is 90.0 Å².